The molecule has 0 aromatic carbocycles. The van der Waals surface area contributed by atoms with Crippen molar-refractivity contribution in [3.63, 3.8) is 0 Å². The highest BCUT2D eigenvalue weighted by Gasteiger charge is 2.25. The van der Waals surface area contributed by atoms with Crippen molar-refractivity contribution in [1.29, 1.82) is 0 Å². The minimum Gasteiger partial charge on any atom is -0.447 e. The predicted octanol–water partition coefficient (Wildman–Crippen LogP) is -0.234. The molecule has 0 saturated heterocycles. The molecule has 0 aromatic rings. The number of ketones is 1. The van der Waals surface area contributed by atoms with E-state index in [0.29, 0.717) is 12.2 Å². The molecular weight excluding hydrogens is 160 g/mol. The van der Waals surface area contributed by atoms with Crippen LogP contribution < -0.4 is 0 Å². The van der Waals surface area contributed by atoms with Gasteiger partial charge in [-0.2, -0.15) is 0 Å². The van der Waals surface area contributed by atoms with Crippen LogP contribution in [0.3, 0.4) is 0 Å². The van der Waals surface area contributed by atoms with Crippen molar-refractivity contribution in [2.24, 2.45) is 5.10 Å². The van der Waals surface area contributed by atoms with E-state index in [1.165, 1.54) is 11.9 Å². The molecule has 0 aromatic heterocycles. The van der Waals surface area contributed by atoms with E-state index in [0.717, 1.165) is 0 Å². The first-order chi connectivity index (χ1) is 5.63. The maximum Gasteiger partial charge on any atom is 0.245 e. The summed E-state index contributed by atoms with van der Waals surface area (Å²) in [6.07, 6.45) is -0.114. The minimum absolute atomic E-state index is 0.0519. The molecule has 0 radical (unpaired) electrons. The quantitative estimate of drug-likeness (QED) is 0.549. The molecule has 0 fully saturated rings. The van der Waals surface area contributed by atoms with Crippen molar-refractivity contribution >= 4 is 18.0 Å². The van der Waals surface area contributed by atoms with E-state index in [1.807, 2.05) is 0 Å². The Morgan fingerprint density at radius 3 is 3.00 bits per heavy atom. The topological polar surface area (TPSA) is 59.0 Å². The Hall–Kier alpha value is -1.39. The van der Waals surface area contributed by atoms with Crippen LogP contribution in [0.5, 0.6) is 0 Å². The van der Waals surface area contributed by atoms with E-state index >= 15 is 0 Å². The highest BCUT2D eigenvalue weighted by molar-refractivity contribution is 5.81. The third-order valence-electron chi connectivity index (χ3n) is 1.36. The average molecular weight is 170 g/mol. The summed E-state index contributed by atoms with van der Waals surface area (Å²) in [6.45, 7) is 3.18. The lowest BCUT2D eigenvalue weighted by molar-refractivity contribution is -0.124. The van der Waals surface area contributed by atoms with Gasteiger partial charge in [-0.05, 0) is 6.92 Å². The van der Waals surface area contributed by atoms with Gasteiger partial charge in [-0.15, -0.1) is 5.10 Å². The summed E-state index contributed by atoms with van der Waals surface area (Å²) in [5.41, 5.74) is 0. The summed E-state index contributed by atoms with van der Waals surface area (Å²) >= 11 is 0. The molecule has 12 heavy (non-hydrogen) atoms. The third-order valence-corrected chi connectivity index (χ3v) is 1.36. The van der Waals surface area contributed by atoms with Crippen LogP contribution >= 0.6 is 0 Å². The monoisotopic (exact) mass is 170 g/mol. The number of nitrogens with zero attached hydrogens (tertiary/aromatic N) is 2. The first-order valence-corrected chi connectivity index (χ1v) is 3.56. The Morgan fingerprint density at radius 1 is 1.83 bits per heavy atom. The van der Waals surface area contributed by atoms with Gasteiger partial charge in [0.25, 0.3) is 0 Å². The van der Waals surface area contributed by atoms with Crippen LogP contribution in [-0.2, 0) is 14.3 Å². The zero-order valence-electron chi connectivity index (χ0n) is 6.98. The summed E-state index contributed by atoms with van der Waals surface area (Å²) in [5.74, 6) is 0.359. The summed E-state index contributed by atoms with van der Waals surface area (Å²) in [6, 6.07) is 0. The number of rotatable bonds is 3. The average Bonchev–Trinajstić information content (AvgIpc) is 2.29. The summed E-state index contributed by atoms with van der Waals surface area (Å²) < 4.78 is 4.98. The molecule has 1 atom stereocenters. The van der Waals surface area contributed by atoms with E-state index in [9.17, 15) is 9.59 Å². The van der Waals surface area contributed by atoms with Crippen molar-refractivity contribution in [3.05, 3.63) is 0 Å². The van der Waals surface area contributed by atoms with Gasteiger partial charge in [0.05, 0.1) is 6.54 Å². The maximum atomic E-state index is 10.7. The lowest BCUT2D eigenvalue weighted by atomic mass is 10.4. The molecule has 0 spiro atoms. The first-order valence-electron chi connectivity index (χ1n) is 3.56. The Balaban J connectivity index is 2.61. The van der Waals surface area contributed by atoms with Gasteiger partial charge in [-0.25, -0.2) is 5.01 Å². The fraction of sp³-hybridized carbons (Fsp3) is 0.571. The second-order valence-corrected chi connectivity index (χ2v) is 2.56. The van der Waals surface area contributed by atoms with Crippen LogP contribution in [0.1, 0.15) is 13.8 Å². The summed E-state index contributed by atoms with van der Waals surface area (Å²) in [4.78, 5) is 21.1. The molecule has 0 amide bonds. The minimum atomic E-state index is -0.728. The van der Waals surface area contributed by atoms with E-state index in [1.54, 1.807) is 6.92 Å². The van der Waals surface area contributed by atoms with Gasteiger partial charge in [-0.3, -0.25) is 9.59 Å². The van der Waals surface area contributed by atoms with Gasteiger partial charge >= 0.3 is 0 Å². The van der Waals surface area contributed by atoms with Crippen molar-refractivity contribution in [3.8, 4) is 0 Å². The van der Waals surface area contributed by atoms with Gasteiger partial charge in [0, 0.05) is 6.92 Å². The third kappa shape index (κ3) is 1.81. The summed E-state index contributed by atoms with van der Waals surface area (Å²) in [5, 5.41) is 5.18. The molecule has 0 aliphatic carbocycles. The molecule has 1 heterocycles. The van der Waals surface area contributed by atoms with Crippen LogP contribution in [0.25, 0.3) is 0 Å². The standard InChI is InChI=1S/C7H10N2O3/c1-5(11)3-9-7(4-10)12-6(2)8-9/h4,7H,3H2,1-2H3. The predicted molar refractivity (Wildman–Crippen MR) is 41.4 cm³/mol. The van der Waals surface area contributed by atoms with E-state index in [4.69, 9.17) is 4.74 Å². The fourth-order valence-corrected chi connectivity index (χ4v) is 0.948. The largest absolute Gasteiger partial charge is 0.447 e. The van der Waals surface area contributed by atoms with Gasteiger partial charge in [-0.1, -0.05) is 0 Å². The first kappa shape index (κ1) is 8.70. The second-order valence-electron chi connectivity index (χ2n) is 2.56. The molecule has 5 nitrogen and oxygen atoms in total. The van der Waals surface area contributed by atoms with Gasteiger partial charge in [0.2, 0.25) is 12.1 Å². The van der Waals surface area contributed by atoms with Crippen molar-refractivity contribution in [2.75, 3.05) is 6.54 Å². The van der Waals surface area contributed by atoms with Crippen molar-refractivity contribution < 1.29 is 14.3 Å². The zero-order valence-corrected chi connectivity index (χ0v) is 6.98. The van der Waals surface area contributed by atoms with Crippen molar-refractivity contribution in [2.45, 2.75) is 20.1 Å². The van der Waals surface area contributed by atoms with Crippen molar-refractivity contribution in [1.82, 2.24) is 5.01 Å². The number of carbonyl (C=O) groups excluding carboxylic acids is 2. The summed E-state index contributed by atoms with van der Waals surface area (Å²) in [7, 11) is 0. The molecule has 1 unspecified atom stereocenters. The number of aldehydes is 1. The molecule has 1 rings (SSSR count). The molecular formula is C7H10N2O3. The van der Waals surface area contributed by atoms with Gasteiger partial charge in [0.15, 0.2) is 12.1 Å². The molecule has 1 aliphatic rings. The second kappa shape index (κ2) is 3.34. The Kier molecular flexibility index (Phi) is 2.42. The SMILES string of the molecule is CC(=O)CN1N=C(C)OC1C=O. The Bertz CT molecular complexity index is 237. The Labute approximate surface area is 70.0 Å². The lowest BCUT2D eigenvalue weighted by Crippen LogP contribution is -2.32. The number of ether oxygens (including phenoxy) is 1. The van der Waals surface area contributed by atoms with Gasteiger partial charge < -0.3 is 4.74 Å². The molecule has 0 N–H and O–H groups in total. The number of Topliss-reactive ketones (excluding diaryl/α,β-unsaturated/α-hetero) is 1. The molecule has 0 bridgehead atoms. The maximum absolute atomic E-state index is 10.7. The molecule has 0 saturated carbocycles. The highest BCUT2D eigenvalue weighted by Crippen LogP contribution is 2.09. The normalized spacial score (nSPS) is 21.7. The van der Waals surface area contributed by atoms with Crippen LogP contribution in [0.4, 0.5) is 0 Å². The number of carbonyl (C=O) groups is 2. The van der Waals surface area contributed by atoms with Crippen LogP contribution in [0, 0.1) is 0 Å². The number of hydrogen-bond donors (Lipinski definition) is 0. The van der Waals surface area contributed by atoms with Gasteiger partial charge in [0.1, 0.15) is 0 Å². The van der Waals surface area contributed by atoms with Crippen LogP contribution in [0.2, 0.25) is 0 Å². The lowest BCUT2D eigenvalue weighted by Gasteiger charge is -2.14. The van der Waals surface area contributed by atoms with E-state index in [-0.39, 0.29) is 12.3 Å². The molecule has 66 valence electrons. The molecule has 5 heteroatoms. The van der Waals surface area contributed by atoms with E-state index in [2.05, 4.69) is 5.10 Å². The van der Waals surface area contributed by atoms with E-state index < -0.39 is 6.23 Å². The highest BCUT2D eigenvalue weighted by atomic mass is 16.5. The number of hydrogen-bond acceptors (Lipinski definition) is 5. The Morgan fingerprint density at radius 2 is 2.50 bits per heavy atom. The van der Waals surface area contributed by atoms with Crippen LogP contribution in [-0.4, -0.2) is 35.7 Å². The molecule has 1 aliphatic heterocycles. The smallest absolute Gasteiger partial charge is 0.245 e. The number of hydrazone groups is 1. The van der Waals surface area contributed by atoms with Crippen LogP contribution in [0.15, 0.2) is 5.10 Å². The fourth-order valence-electron chi connectivity index (χ4n) is 0.948. The zero-order chi connectivity index (χ0) is 9.14.